The molecule has 1 atom stereocenters. The van der Waals surface area contributed by atoms with E-state index in [-0.39, 0.29) is 6.04 Å². The molecule has 2 aromatic heterocycles. The van der Waals surface area contributed by atoms with E-state index in [1.807, 2.05) is 24.6 Å². The lowest BCUT2D eigenvalue weighted by atomic mass is 9.97. The van der Waals surface area contributed by atoms with Gasteiger partial charge in [-0.2, -0.15) is 0 Å². The molecule has 0 aliphatic rings. The summed E-state index contributed by atoms with van der Waals surface area (Å²) in [6.07, 6.45) is 4.20. The predicted molar refractivity (Wildman–Crippen MR) is 215 cm³/mol. The Kier molecular flexibility index (Phi) is 7.64. The summed E-state index contributed by atoms with van der Waals surface area (Å²) in [6, 6.07) is 59.2. The second-order valence-corrected chi connectivity index (χ2v) is 13.7. The monoisotopic (exact) mass is 661 g/mol. The quantitative estimate of drug-likeness (QED) is 0.170. The first kappa shape index (κ1) is 30.0. The summed E-state index contributed by atoms with van der Waals surface area (Å²) < 4.78 is 4.93. The molecule has 0 amide bonds. The number of aromatic nitrogens is 1. The van der Waals surface area contributed by atoms with Gasteiger partial charge in [0.05, 0.1) is 17.1 Å². The number of hydrogen-bond acceptors (Lipinski definition) is 3. The minimum absolute atomic E-state index is 0.0826. The molecule has 0 aliphatic carbocycles. The molecule has 0 aliphatic heterocycles. The van der Waals surface area contributed by atoms with Gasteiger partial charge in [-0.05, 0) is 75.5 Å². The molecule has 0 saturated carbocycles. The fourth-order valence-corrected chi connectivity index (χ4v) is 8.44. The van der Waals surface area contributed by atoms with Gasteiger partial charge in [-0.1, -0.05) is 140 Å². The molecule has 0 saturated heterocycles. The third-order valence-corrected chi connectivity index (χ3v) is 10.9. The highest BCUT2D eigenvalue weighted by Crippen LogP contribution is 2.41. The van der Waals surface area contributed by atoms with E-state index >= 15 is 0 Å². The average Bonchev–Trinajstić information content (AvgIpc) is 3.72. The van der Waals surface area contributed by atoms with E-state index in [1.165, 1.54) is 69.9 Å². The van der Waals surface area contributed by atoms with Gasteiger partial charge in [0.1, 0.15) is 0 Å². The van der Waals surface area contributed by atoms with Gasteiger partial charge in [0.25, 0.3) is 0 Å². The molecule has 0 radical (unpaired) electrons. The third-order valence-electron chi connectivity index (χ3n) is 9.69. The van der Waals surface area contributed by atoms with E-state index < -0.39 is 0 Å². The van der Waals surface area contributed by atoms with Crippen LogP contribution in [-0.2, 0) is 0 Å². The van der Waals surface area contributed by atoms with Crippen molar-refractivity contribution in [2.24, 2.45) is 0 Å². The van der Waals surface area contributed by atoms with E-state index in [9.17, 15) is 0 Å². The van der Waals surface area contributed by atoms with Crippen LogP contribution in [0.25, 0.3) is 75.4 Å². The van der Waals surface area contributed by atoms with Crippen molar-refractivity contribution in [1.82, 2.24) is 9.99 Å². The summed E-state index contributed by atoms with van der Waals surface area (Å²) in [6.45, 7) is 0. The largest absolute Gasteiger partial charge is 0.394 e. The summed E-state index contributed by atoms with van der Waals surface area (Å²) in [5.41, 5.74) is 14.7. The van der Waals surface area contributed by atoms with Crippen LogP contribution >= 0.6 is 11.3 Å². The zero-order valence-electron chi connectivity index (χ0n) is 27.7. The van der Waals surface area contributed by atoms with Crippen LogP contribution in [0.1, 0.15) is 11.6 Å². The van der Waals surface area contributed by atoms with Crippen molar-refractivity contribution in [3.63, 3.8) is 0 Å². The van der Waals surface area contributed by atoms with E-state index in [0.717, 1.165) is 11.0 Å². The number of hydrogen-bond donors (Lipinski definition) is 2. The number of benzene rings is 7. The Bertz CT molecular complexity index is 2660. The lowest BCUT2D eigenvalue weighted by molar-refractivity contribution is 0.812. The van der Waals surface area contributed by atoms with Crippen LogP contribution in [0.3, 0.4) is 0 Å². The zero-order valence-corrected chi connectivity index (χ0v) is 28.5. The van der Waals surface area contributed by atoms with Gasteiger partial charge >= 0.3 is 0 Å². The Morgan fingerprint density at radius 1 is 0.520 bits per heavy atom. The molecule has 2 N–H and O–H groups in total. The van der Waals surface area contributed by atoms with Crippen molar-refractivity contribution in [2.75, 3.05) is 12.5 Å². The first-order valence-corrected chi connectivity index (χ1v) is 17.9. The minimum Gasteiger partial charge on any atom is -0.394 e. The molecule has 50 heavy (non-hydrogen) atoms. The summed E-state index contributed by atoms with van der Waals surface area (Å²) in [7, 11) is 1.94. The third kappa shape index (κ3) is 5.31. The molecular weight excluding hydrogens is 627 g/mol. The SMILES string of the molecule is CN/C=C\C(Nn1c2ccccc2c2ccc(-c3cccc4c3sc3ccccc34)cc21)c1ccc(-c2cccc(-c3ccccc3)c2)cc1. The van der Waals surface area contributed by atoms with Crippen LogP contribution in [0, 0.1) is 0 Å². The minimum atomic E-state index is -0.0826. The number of para-hydroxylation sites is 1. The second-order valence-electron chi connectivity index (χ2n) is 12.7. The highest BCUT2D eigenvalue weighted by atomic mass is 32.1. The molecule has 240 valence electrons. The van der Waals surface area contributed by atoms with Crippen molar-refractivity contribution >= 4 is 53.3 Å². The fourth-order valence-electron chi connectivity index (χ4n) is 7.20. The molecule has 0 bridgehead atoms. The van der Waals surface area contributed by atoms with Crippen LogP contribution < -0.4 is 10.7 Å². The van der Waals surface area contributed by atoms with E-state index in [1.54, 1.807) is 0 Å². The van der Waals surface area contributed by atoms with Gasteiger partial charge < -0.3 is 10.7 Å². The number of nitrogens with zero attached hydrogens (tertiary/aromatic N) is 1. The van der Waals surface area contributed by atoms with E-state index in [4.69, 9.17) is 0 Å². The average molecular weight is 662 g/mol. The molecule has 9 aromatic rings. The first-order valence-electron chi connectivity index (χ1n) is 17.1. The summed E-state index contributed by atoms with van der Waals surface area (Å²) in [5.74, 6) is 0. The zero-order chi connectivity index (χ0) is 33.4. The molecular formula is C46H35N3S. The predicted octanol–water partition coefficient (Wildman–Crippen LogP) is 12.2. The molecule has 2 heterocycles. The number of nitrogens with one attached hydrogen (secondary N) is 2. The van der Waals surface area contributed by atoms with Gasteiger partial charge in [0.15, 0.2) is 0 Å². The Morgan fingerprint density at radius 3 is 1.98 bits per heavy atom. The Labute approximate surface area is 295 Å². The lowest BCUT2D eigenvalue weighted by Gasteiger charge is -2.20. The van der Waals surface area contributed by atoms with Gasteiger partial charge in [0.2, 0.25) is 0 Å². The van der Waals surface area contributed by atoms with E-state index in [2.05, 4.69) is 185 Å². The number of rotatable bonds is 8. The van der Waals surface area contributed by atoms with Crippen molar-refractivity contribution in [3.05, 3.63) is 182 Å². The molecule has 1 unspecified atom stereocenters. The maximum atomic E-state index is 3.92. The molecule has 0 spiro atoms. The van der Waals surface area contributed by atoms with Gasteiger partial charge in [-0.15, -0.1) is 11.3 Å². The summed E-state index contributed by atoms with van der Waals surface area (Å²) in [5, 5.41) is 8.30. The normalized spacial score (nSPS) is 12.3. The molecule has 7 aromatic carbocycles. The second kappa shape index (κ2) is 12.7. The van der Waals surface area contributed by atoms with Crippen LogP contribution in [-0.4, -0.2) is 11.7 Å². The van der Waals surface area contributed by atoms with Crippen molar-refractivity contribution in [1.29, 1.82) is 0 Å². The Morgan fingerprint density at radius 2 is 1.16 bits per heavy atom. The smallest absolute Gasteiger partial charge is 0.0871 e. The molecule has 0 fully saturated rings. The van der Waals surface area contributed by atoms with Crippen LogP contribution in [0.5, 0.6) is 0 Å². The molecule has 3 nitrogen and oxygen atoms in total. The molecule has 9 rings (SSSR count). The maximum Gasteiger partial charge on any atom is 0.0871 e. The summed E-state index contributed by atoms with van der Waals surface area (Å²) >= 11 is 1.88. The lowest BCUT2D eigenvalue weighted by Crippen LogP contribution is -2.20. The van der Waals surface area contributed by atoms with Gasteiger partial charge in [-0.25, -0.2) is 0 Å². The number of fused-ring (bicyclic) bond motifs is 6. The molecule has 4 heteroatoms. The van der Waals surface area contributed by atoms with Gasteiger partial charge in [-0.3, -0.25) is 4.68 Å². The topological polar surface area (TPSA) is 29.0 Å². The van der Waals surface area contributed by atoms with Crippen molar-refractivity contribution in [2.45, 2.75) is 6.04 Å². The van der Waals surface area contributed by atoms with Crippen LogP contribution in [0.4, 0.5) is 0 Å². The van der Waals surface area contributed by atoms with E-state index in [0.29, 0.717) is 0 Å². The Balaban J connectivity index is 1.12. The summed E-state index contributed by atoms with van der Waals surface area (Å²) in [4.78, 5) is 0. The van der Waals surface area contributed by atoms with Crippen molar-refractivity contribution in [3.8, 4) is 33.4 Å². The van der Waals surface area contributed by atoms with Crippen LogP contribution in [0.15, 0.2) is 176 Å². The van der Waals surface area contributed by atoms with Crippen LogP contribution in [0.2, 0.25) is 0 Å². The highest BCUT2D eigenvalue weighted by Gasteiger charge is 2.17. The van der Waals surface area contributed by atoms with Gasteiger partial charge in [0, 0.05) is 38.0 Å². The standard InChI is InChI=1S/C46H35N3S/c1-47-28-27-42(33-23-21-32(22-24-33)35-14-9-13-34(29-35)31-11-3-2-4-12-31)48-49-43-19-7-5-15-38(43)39-26-25-36(30-44(39)49)37-17-10-18-41-40-16-6-8-20-45(40)50-46(37)41/h2-30,42,47-48H,1H3/b28-27-. The fraction of sp³-hybridized carbons (Fsp3) is 0.0435. The van der Waals surface area contributed by atoms with Crippen molar-refractivity contribution < 1.29 is 0 Å². The Hall–Kier alpha value is -6.10. The maximum absolute atomic E-state index is 3.92. The number of thiophene rings is 1. The first-order chi connectivity index (χ1) is 24.7. The highest BCUT2D eigenvalue weighted by molar-refractivity contribution is 7.26.